The lowest BCUT2D eigenvalue weighted by Gasteiger charge is -2.13. The van der Waals surface area contributed by atoms with Crippen LogP contribution in [0, 0.1) is 0 Å². The van der Waals surface area contributed by atoms with Crippen molar-refractivity contribution in [3.63, 3.8) is 0 Å². The van der Waals surface area contributed by atoms with Crippen LogP contribution in [0.1, 0.15) is 5.56 Å². The van der Waals surface area contributed by atoms with E-state index in [1.165, 1.54) is 0 Å². The number of methoxy groups -OCH3 is 1. The van der Waals surface area contributed by atoms with E-state index in [2.05, 4.69) is 15.8 Å². The Morgan fingerprint density at radius 1 is 0.789 bits per heavy atom. The zero-order chi connectivity index (χ0) is 26.7. The fourth-order valence-corrected chi connectivity index (χ4v) is 5.67. The highest BCUT2D eigenvalue weighted by Crippen LogP contribution is 2.32. The zero-order valence-electron chi connectivity index (χ0n) is 21.7. The minimum Gasteiger partial charge on any atom is -0.497 e. The van der Waals surface area contributed by atoms with E-state index < -0.39 is 10.0 Å². The number of anilines is 1. The van der Waals surface area contributed by atoms with Crippen LogP contribution in [0.3, 0.4) is 0 Å². The average molecular weight is 526 g/mol. The van der Waals surface area contributed by atoms with Gasteiger partial charge in [0.2, 0.25) is 10.0 Å². The second kappa shape index (κ2) is 10.7. The molecule has 0 unspecified atom stereocenters. The molecule has 38 heavy (non-hydrogen) atoms. The van der Waals surface area contributed by atoms with Crippen LogP contribution in [0.2, 0.25) is 0 Å². The minimum atomic E-state index is -3.65. The van der Waals surface area contributed by atoms with Gasteiger partial charge in [0.1, 0.15) is 5.75 Å². The molecule has 6 nitrogen and oxygen atoms in total. The molecule has 0 bridgehead atoms. The summed E-state index contributed by atoms with van der Waals surface area (Å²) in [6.45, 7) is 0.279. The number of sulfonamides is 1. The third-order valence-electron chi connectivity index (χ3n) is 6.74. The Bertz CT molecular complexity index is 1640. The SMILES string of the molecule is COc1ccc(-c2[nH]c3ccccc3c2CCNS(=O)(=O)c2ccc(-c3ccc(N(C)C)cc3)cc2)cc1. The molecule has 4 aromatic carbocycles. The van der Waals surface area contributed by atoms with Crippen molar-refractivity contribution < 1.29 is 13.2 Å². The van der Waals surface area contributed by atoms with Crippen molar-refractivity contribution in [2.24, 2.45) is 0 Å². The Morgan fingerprint density at radius 2 is 1.39 bits per heavy atom. The average Bonchev–Trinajstić information content (AvgIpc) is 3.31. The summed E-state index contributed by atoms with van der Waals surface area (Å²) in [6.07, 6.45) is 0.543. The van der Waals surface area contributed by atoms with Gasteiger partial charge in [0.05, 0.1) is 12.0 Å². The van der Waals surface area contributed by atoms with Gasteiger partial charge in [0, 0.05) is 42.9 Å². The largest absolute Gasteiger partial charge is 0.497 e. The maximum Gasteiger partial charge on any atom is 0.240 e. The highest BCUT2D eigenvalue weighted by Gasteiger charge is 2.17. The van der Waals surface area contributed by atoms with E-state index in [1.807, 2.05) is 97.9 Å². The van der Waals surface area contributed by atoms with E-state index >= 15 is 0 Å². The number of aromatic nitrogens is 1. The molecule has 2 N–H and O–H groups in total. The fourth-order valence-electron chi connectivity index (χ4n) is 4.64. The summed E-state index contributed by atoms with van der Waals surface area (Å²) in [5.74, 6) is 0.788. The van der Waals surface area contributed by atoms with Gasteiger partial charge in [-0.3, -0.25) is 0 Å². The van der Waals surface area contributed by atoms with Gasteiger partial charge in [-0.25, -0.2) is 13.1 Å². The highest BCUT2D eigenvalue weighted by atomic mass is 32.2. The maximum atomic E-state index is 13.1. The van der Waals surface area contributed by atoms with Crippen molar-refractivity contribution >= 4 is 26.6 Å². The molecule has 0 amide bonds. The second-order valence-electron chi connectivity index (χ2n) is 9.37. The fraction of sp³-hybridized carbons (Fsp3) is 0.161. The Morgan fingerprint density at radius 3 is 2.03 bits per heavy atom. The van der Waals surface area contributed by atoms with Gasteiger partial charge in [0.15, 0.2) is 0 Å². The van der Waals surface area contributed by atoms with Crippen molar-refractivity contribution in [2.75, 3.05) is 32.6 Å². The van der Waals surface area contributed by atoms with Crippen LogP contribution in [0.4, 0.5) is 5.69 Å². The van der Waals surface area contributed by atoms with Gasteiger partial charge in [-0.2, -0.15) is 0 Å². The molecule has 5 rings (SSSR count). The smallest absolute Gasteiger partial charge is 0.240 e. The Kier molecular flexibility index (Phi) is 7.22. The van der Waals surface area contributed by atoms with Crippen molar-refractivity contribution in [2.45, 2.75) is 11.3 Å². The zero-order valence-corrected chi connectivity index (χ0v) is 22.5. The lowest BCUT2D eigenvalue weighted by molar-refractivity contribution is 0.415. The molecule has 0 atom stereocenters. The van der Waals surface area contributed by atoms with Crippen molar-refractivity contribution in [3.05, 3.63) is 103 Å². The molecular formula is C31H31N3O3S. The summed E-state index contributed by atoms with van der Waals surface area (Å²) in [5, 5.41) is 1.09. The number of ether oxygens (including phenoxy) is 1. The number of nitrogens with zero attached hydrogens (tertiary/aromatic N) is 1. The highest BCUT2D eigenvalue weighted by molar-refractivity contribution is 7.89. The number of aromatic amines is 1. The lowest BCUT2D eigenvalue weighted by Crippen LogP contribution is -2.26. The number of fused-ring (bicyclic) bond motifs is 1. The second-order valence-corrected chi connectivity index (χ2v) is 11.1. The molecule has 1 aromatic heterocycles. The van der Waals surface area contributed by atoms with Crippen LogP contribution in [0.15, 0.2) is 102 Å². The third kappa shape index (κ3) is 5.30. The van der Waals surface area contributed by atoms with Gasteiger partial charge in [-0.1, -0.05) is 42.5 Å². The van der Waals surface area contributed by atoms with Gasteiger partial charge < -0.3 is 14.6 Å². The maximum absolute atomic E-state index is 13.1. The molecule has 0 aliphatic rings. The molecule has 0 radical (unpaired) electrons. The number of para-hydroxylation sites is 1. The number of benzene rings is 4. The summed E-state index contributed by atoms with van der Waals surface area (Å²) in [4.78, 5) is 5.80. The molecule has 0 aliphatic heterocycles. The van der Waals surface area contributed by atoms with Crippen LogP contribution >= 0.6 is 0 Å². The van der Waals surface area contributed by atoms with Crippen molar-refractivity contribution in [1.29, 1.82) is 0 Å². The van der Waals surface area contributed by atoms with Crippen LogP contribution in [-0.4, -0.2) is 41.2 Å². The van der Waals surface area contributed by atoms with E-state index in [0.29, 0.717) is 6.42 Å². The van der Waals surface area contributed by atoms with Crippen molar-refractivity contribution in [3.8, 4) is 28.1 Å². The Labute approximate surface area is 224 Å². The normalized spacial score (nSPS) is 11.6. The molecule has 0 fully saturated rings. The van der Waals surface area contributed by atoms with E-state index in [0.717, 1.165) is 50.3 Å². The first-order valence-electron chi connectivity index (χ1n) is 12.5. The monoisotopic (exact) mass is 525 g/mol. The predicted octanol–water partition coefficient (Wildman–Crippen LogP) is 6.10. The molecule has 194 valence electrons. The third-order valence-corrected chi connectivity index (χ3v) is 8.22. The summed E-state index contributed by atoms with van der Waals surface area (Å²) < 4.78 is 34.2. The van der Waals surface area contributed by atoms with Gasteiger partial charge in [-0.05, 0) is 83.3 Å². The summed E-state index contributed by atoms with van der Waals surface area (Å²) in [5.41, 5.74) is 7.22. The van der Waals surface area contributed by atoms with Crippen LogP contribution in [-0.2, 0) is 16.4 Å². The topological polar surface area (TPSA) is 74.4 Å². The van der Waals surface area contributed by atoms with E-state index in [-0.39, 0.29) is 11.4 Å². The number of hydrogen-bond acceptors (Lipinski definition) is 4. The minimum absolute atomic E-state index is 0.250. The molecule has 0 saturated carbocycles. The quantitative estimate of drug-likeness (QED) is 0.244. The standard InChI is InChI=1S/C31H31N3O3S/c1-34(2)25-14-8-22(9-15-25)23-12-18-27(19-13-23)38(35,36)32-21-20-29-28-6-4-5-7-30(28)33-31(29)24-10-16-26(37-3)17-11-24/h4-19,32-33H,20-21H2,1-3H3. The van der Waals surface area contributed by atoms with E-state index in [4.69, 9.17) is 4.74 Å². The first kappa shape index (κ1) is 25.6. The first-order chi connectivity index (χ1) is 18.4. The lowest BCUT2D eigenvalue weighted by atomic mass is 10.0. The van der Waals surface area contributed by atoms with Gasteiger partial charge in [0.25, 0.3) is 0 Å². The number of hydrogen-bond donors (Lipinski definition) is 2. The molecule has 0 spiro atoms. The van der Waals surface area contributed by atoms with Crippen LogP contribution in [0.5, 0.6) is 5.75 Å². The first-order valence-corrected chi connectivity index (χ1v) is 14.0. The Hall–Kier alpha value is -4.07. The molecule has 5 aromatic rings. The van der Waals surface area contributed by atoms with E-state index in [1.54, 1.807) is 19.2 Å². The molecule has 0 saturated heterocycles. The van der Waals surface area contributed by atoms with Crippen molar-refractivity contribution in [1.82, 2.24) is 9.71 Å². The van der Waals surface area contributed by atoms with E-state index in [9.17, 15) is 8.42 Å². The molecule has 1 heterocycles. The summed E-state index contributed by atoms with van der Waals surface area (Å²) in [7, 11) is 1.99. The number of H-pyrrole nitrogens is 1. The molecular weight excluding hydrogens is 494 g/mol. The molecule has 0 aliphatic carbocycles. The Balaban J connectivity index is 1.32. The predicted molar refractivity (Wildman–Crippen MR) is 155 cm³/mol. The van der Waals surface area contributed by atoms with Crippen LogP contribution in [0.25, 0.3) is 33.3 Å². The number of rotatable bonds is 9. The summed E-state index contributed by atoms with van der Waals surface area (Å²) in [6, 6.07) is 31.1. The summed E-state index contributed by atoms with van der Waals surface area (Å²) >= 11 is 0. The number of nitrogens with one attached hydrogen (secondary N) is 2. The van der Waals surface area contributed by atoms with Gasteiger partial charge in [-0.15, -0.1) is 0 Å². The van der Waals surface area contributed by atoms with Gasteiger partial charge >= 0.3 is 0 Å². The van der Waals surface area contributed by atoms with Crippen LogP contribution < -0.4 is 14.4 Å². The molecule has 7 heteroatoms.